The summed E-state index contributed by atoms with van der Waals surface area (Å²) in [4.78, 5) is 39.1. The number of hydrogen-bond donors (Lipinski definition) is 1. The molecule has 1 saturated heterocycles. The Hall–Kier alpha value is -3.95. The maximum absolute atomic E-state index is 13.3. The number of carbonyl (C=O) groups excluding carboxylic acids is 2. The number of amides is 3. The van der Waals surface area contributed by atoms with Gasteiger partial charge < -0.3 is 4.74 Å². The molecule has 35 heavy (non-hydrogen) atoms. The molecule has 0 atom stereocenters. The van der Waals surface area contributed by atoms with E-state index in [4.69, 9.17) is 4.74 Å². The van der Waals surface area contributed by atoms with E-state index in [2.05, 4.69) is 20.3 Å². The Morgan fingerprint density at radius 1 is 1.09 bits per heavy atom. The van der Waals surface area contributed by atoms with E-state index in [-0.39, 0.29) is 18.8 Å². The van der Waals surface area contributed by atoms with Crippen molar-refractivity contribution in [2.45, 2.75) is 39.0 Å². The number of imide groups is 1. The second-order valence-corrected chi connectivity index (χ2v) is 9.07. The lowest BCUT2D eigenvalue weighted by Crippen LogP contribution is -2.52. The fourth-order valence-corrected chi connectivity index (χ4v) is 4.65. The summed E-state index contributed by atoms with van der Waals surface area (Å²) in [5.74, 6) is -2.09. The molecule has 8 nitrogen and oxygen atoms in total. The van der Waals surface area contributed by atoms with Crippen molar-refractivity contribution in [3.63, 3.8) is 0 Å². The maximum Gasteiger partial charge on any atom is 0.329 e. The minimum absolute atomic E-state index is 0.113. The van der Waals surface area contributed by atoms with Crippen LogP contribution in [0.25, 0.3) is 11.3 Å². The zero-order valence-electron chi connectivity index (χ0n) is 19.2. The number of alkyl halides is 2. The molecule has 1 spiro atoms. The highest BCUT2D eigenvalue weighted by atomic mass is 19.3. The number of carbonyl (C=O) groups is 2. The van der Waals surface area contributed by atoms with E-state index in [0.717, 1.165) is 21.9 Å². The predicted octanol–water partition coefficient (Wildman–Crippen LogP) is 5.13. The first kappa shape index (κ1) is 22.8. The molecule has 4 heterocycles. The number of anilines is 1. The first-order valence-corrected chi connectivity index (χ1v) is 11.2. The molecule has 0 unspecified atom stereocenters. The lowest BCUT2D eigenvalue weighted by molar-refractivity contribution is -0.176. The Labute approximate surface area is 200 Å². The van der Waals surface area contributed by atoms with Crippen molar-refractivity contribution < 1.29 is 23.1 Å². The number of likely N-dealkylation sites (tertiary alicyclic amines) is 1. The summed E-state index contributed by atoms with van der Waals surface area (Å²) in [6.07, 6.45) is 2.63. The van der Waals surface area contributed by atoms with Gasteiger partial charge in [-0.1, -0.05) is 0 Å². The molecule has 3 aromatic heterocycles. The average Bonchev–Trinajstić information content (AvgIpc) is 3.11. The molecule has 0 bridgehead atoms. The smallest absolute Gasteiger partial charge is 0.329 e. The number of halogens is 2. The van der Waals surface area contributed by atoms with Crippen molar-refractivity contribution in [3.05, 3.63) is 60.2 Å². The van der Waals surface area contributed by atoms with Crippen LogP contribution in [0.5, 0.6) is 11.5 Å². The third-order valence-corrected chi connectivity index (χ3v) is 6.38. The van der Waals surface area contributed by atoms with Gasteiger partial charge in [-0.3, -0.25) is 25.0 Å². The highest BCUT2D eigenvalue weighted by Gasteiger charge is 2.64. The minimum atomic E-state index is -2.83. The number of nitrogens with zero attached hydrogens (tertiary/aromatic N) is 4. The molecule has 1 saturated carbocycles. The van der Waals surface area contributed by atoms with Crippen molar-refractivity contribution in [1.82, 2.24) is 19.9 Å². The number of rotatable bonds is 4. The summed E-state index contributed by atoms with van der Waals surface area (Å²) in [7, 11) is 0. The van der Waals surface area contributed by atoms with Crippen LogP contribution in [-0.2, 0) is 4.79 Å². The highest BCUT2D eigenvalue weighted by Crippen LogP contribution is 2.57. The van der Waals surface area contributed by atoms with Crippen LogP contribution in [0, 0.1) is 19.3 Å². The van der Waals surface area contributed by atoms with Gasteiger partial charge in [0.05, 0.1) is 16.8 Å². The molecule has 0 aromatic carbocycles. The van der Waals surface area contributed by atoms with Crippen molar-refractivity contribution in [2.24, 2.45) is 5.41 Å². The monoisotopic (exact) mass is 479 g/mol. The van der Waals surface area contributed by atoms with Gasteiger partial charge in [0, 0.05) is 49.1 Å². The third-order valence-electron chi connectivity index (χ3n) is 6.38. The van der Waals surface area contributed by atoms with Gasteiger partial charge in [0.25, 0.3) is 0 Å². The molecule has 180 valence electrons. The first-order valence-electron chi connectivity index (χ1n) is 11.2. The summed E-state index contributed by atoms with van der Waals surface area (Å²) < 4.78 is 32.7. The summed E-state index contributed by atoms with van der Waals surface area (Å²) in [6.45, 7) is 3.75. The van der Waals surface area contributed by atoms with Gasteiger partial charge in [-0.2, -0.15) is 0 Å². The van der Waals surface area contributed by atoms with Crippen molar-refractivity contribution in [3.8, 4) is 22.8 Å². The summed E-state index contributed by atoms with van der Waals surface area (Å²) in [5.41, 5.74) is 1.94. The molecule has 2 aliphatic rings. The van der Waals surface area contributed by atoms with Crippen LogP contribution in [0.15, 0.2) is 48.8 Å². The second kappa shape index (κ2) is 8.37. The molecule has 1 aliphatic heterocycles. The SMILES string of the molecule is Cc1cc(-c2cc(Oc3ccc(NC(=O)N4CCC5(CC(F)(F)C5)C4=O)nc3C)ccn2)ccn1. The van der Waals surface area contributed by atoms with E-state index in [9.17, 15) is 18.4 Å². The number of hydrogen-bond acceptors (Lipinski definition) is 6. The molecule has 10 heteroatoms. The number of pyridine rings is 3. The molecular weight excluding hydrogens is 456 g/mol. The maximum atomic E-state index is 13.3. The fraction of sp³-hybridized carbons (Fsp3) is 0.320. The van der Waals surface area contributed by atoms with Gasteiger partial charge in [0.1, 0.15) is 17.3 Å². The summed E-state index contributed by atoms with van der Waals surface area (Å²) >= 11 is 0. The lowest BCUT2D eigenvalue weighted by Gasteiger charge is -2.42. The standard InChI is InChI=1S/C25H23F2N5O3/c1-15-11-17(5-8-28-15)19-12-18(6-9-29-19)35-20-3-4-21(30-16(20)2)31-23(34)32-10-7-24(22(32)33)13-25(26,27)14-24/h3-6,8-9,11-12H,7,10,13-14H2,1-2H3,(H,30,31,34). The van der Waals surface area contributed by atoms with Crippen LogP contribution >= 0.6 is 0 Å². The molecule has 2 fully saturated rings. The predicted molar refractivity (Wildman–Crippen MR) is 123 cm³/mol. The van der Waals surface area contributed by atoms with Gasteiger partial charge in [-0.05, 0) is 50.6 Å². The lowest BCUT2D eigenvalue weighted by atomic mass is 9.65. The number of aryl methyl sites for hydroxylation is 2. The van der Waals surface area contributed by atoms with Crippen LogP contribution in [0.4, 0.5) is 19.4 Å². The molecule has 3 aromatic rings. The number of nitrogens with one attached hydrogen (secondary N) is 1. The normalized spacial score (nSPS) is 17.8. The topological polar surface area (TPSA) is 97.3 Å². The molecule has 3 amide bonds. The summed E-state index contributed by atoms with van der Waals surface area (Å²) in [6, 6.07) is 9.88. The van der Waals surface area contributed by atoms with E-state index in [1.54, 1.807) is 37.5 Å². The Morgan fingerprint density at radius 2 is 1.86 bits per heavy atom. The van der Waals surface area contributed by atoms with Crippen LogP contribution in [0.3, 0.4) is 0 Å². The average molecular weight is 479 g/mol. The largest absolute Gasteiger partial charge is 0.455 e. The van der Waals surface area contributed by atoms with E-state index in [0.29, 0.717) is 17.2 Å². The molecule has 5 rings (SSSR count). The van der Waals surface area contributed by atoms with Crippen molar-refractivity contribution >= 4 is 17.8 Å². The Morgan fingerprint density at radius 3 is 2.57 bits per heavy atom. The second-order valence-electron chi connectivity index (χ2n) is 9.07. The third kappa shape index (κ3) is 4.43. The zero-order chi connectivity index (χ0) is 24.8. The van der Waals surface area contributed by atoms with E-state index >= 15 is 0 Å². The van der Waals surface area contributed by atoms with Crippen LogP contribution in [-0.4, -0.2) is 44.3 Å². The molecular formula is C25H23F2N5O3. The van der Waals surface area contributed by atoms with Crippen molar-refractivity contribution in [1.29, 1.82) is 0 Å². The van der Waals surface area contributed by atoms with Crippen molar-refractivity contribution in [2.75, 3.05) is 11.9 Å². The number of ether oxygens (including phenoxy) is 1. The molecule has 1 aliphatic carbocycles. The summed E-state index contributed by atoms with van der Waals surface area (Å²) in [5, 5.41) is 2.58. The van der Waals surface area contributed by atoms with E-state index in [1.807, 2.05) is 25.1 Å². The van der Waals surface area contributed by atoms with Gasteiger partial charge in [0.2, 0.25) is 11.8 Å². The van der Waals surface area contributed by atoms with Gasteiger partial charge in [-0.25, -0.2) is 18.6 Å². The van der Waals surface area contributed by atoms with Gasteiger partial charge in [-0.15, -0.1) is 0 Å². The molecule has 0 radical (unpaired) electrons. The van der Waals surface area contributed by atoms with Gasteiger partial charge >= 0.3 is 6.03 Å². The Balaban J connectivity index is 1.25. The number of urea groups is 1. The highest BCUT2D eigenvalue weighted by molar-refractivity contribution is 6.04. The van der Waals surface area contributed by atoms with Crippen LogP contribution in [0.2, 0.25) is 0 Å². The quantitative estimate of drug-likeness (QED) is 0.557. The Bertz CT molecular complexity index is 1320. The minimum Gasteiger partial charge on any atom is -0.455 e. The van der Waals surface area contributed by atoms with E-state index < -0.39 is 36.1 Å². The molecule has 1 N–H and O–H groups in total. The van der Waals surface area contributed by atoms with Crippen LogP contribution < -0.4 is 10.1 Å². The zero-order valence-corrected chi connectivity index (χ0v) is 19.2. The number of aromatic nitrogens is 3. The Kier molecular flexibility index (Phi) is 5.46. The first-order chi connectivity index (χ1) is 16.6. The fourth-order valence-electron chi connectivity index (χ4n) is 4.65. The van der Waals surface area contributed by atoms with Crippen LogP contribution in [0.1, 0.15) is 30.7 Å². The van der Waals surface area contributed by atoms with Gasteiger partial charge in [0.15, 0.2) is 0 Å². The van der Waals surface area contributed by atoms with E-state index in [1.165, 1.54) is 0 Å².